The molecule has 1 N–H and O–H groups in total. The fourth-order valence-electron chi connectivity index (χ4n) is 3.00. The molecule has 4 rings (SSSR count). The van der Waals surface area contributed by atoms with E-state index in [9.17, 15) is 4.79 Å². The molecule has 0 spiro atoms. The molecular formula is C18H14Cl2N4O. The molecule has 1 aliphatic rings. The number of rotatable bonds is 4. The summed E-state index contributed by atoms with van der Waals surface area (Å²) in [5, 5.41) is 8.26. The summed E-state index contributed by atoms with van der Waals surface area (Å²) < 4.78 is 1.54. The maximum absolute atomic E-state index is 12.7. The number of para-hydroxylation sites is 1. The highest BCUT2D eigenvalue weighted by Crippen LogP contribution is 2.50. The molecule has 2 atom stereocenters. The summed E-state index contributed by atoms with van der Waals surface area (Å²) in [5.41, 5.74) is 2.23. The molecule has 1 aromatic heterocycles. The number of halogens is 2. The van der Waals surface area contributed by atoms with Crippen molar-refractivity contribution in [3.05, 3.63) is 70.7 Å². The van der Waals surface area contributed by atoms with Crippen LogP contribution < -0.4 is 5.32 Å². The number of amides is 1. The predicted octanol–water partition coefficient (Wildman–Crippen LogP) is 4.32. The average Bonchev–Trinajstić information content (AvgIpc) is 3.21. The summed E-state index contributed by atoms with van der Waals surface area (Å²) in [5.74, 6) is 0.0127. The lowest BCUT2D eigenvalue weighted by molar-refractivity contribution is -0.117. The molecular weight excluding hydrogens is 359 g/mol. The summed E-state index contributed by atoms with van der Waals surface area (Å²) in [6.07, 6.45) is 3.75. The van der Waals surface area contributed by atoms with Gasteiger partial charge in [-0.2, -0.15) is 5.10 Å². The van der Waals surface area contributed by atoms with Gasteiger partial charge in [0.25, 0.3) is 0 Å². The largest absolute Gasteiger partial charge is 0.324 e. The molecule has 0 bridgehead atoms. The van der Waals surface area contributed by atoms with Crippen molar-refractivity contribution in [2.45, 2.75) is 12.3 Å². The zero-order chi connectivity index (χ0) is 17.4. The van der Waals surface area contributed by atoms with Gasteiger partial charge in [0, 0.05) is 10.9 Å². The zero-order valence-corrected chi connectivity index (χ0v) is 14.6. The van der Waals surface area contributed by atoms with Crippen molar-refractivity contribution in [1.82, 2.24) is 14.8 Å². The van der Waals surface area contributed by atoms with Crippen LogP contribution in [0.3, 0.4) is 0 Å². The van der Waals surface area contributed by atoms with Crippen LogP contribution in [0, 0.1) is 5.92 Å². The summed E-state index contributed by atoms with van der Waals surface area (Å²) in [7, 11) is 0. The SMILES string of the molecule is O=C(Nc1cccc(Cl)c1-n1cncn1)C1CC1c1ccccc1Cl. The third kappa shape index (κ3) is 3.13. The van der Waals surface area contributed by atoms with E-state index in [1.54, 1.807) is 24.5 Å². The van der Waals surface area contributed by atoms with Gasteiger partial charge in [-0.05, 0) is 36.1 Å². The Balaban J connectivity index is 1.55. The first-order valence-corrected chi connectivity index (χ1v) is 8.59. The van der Waals surface area contributed by atoms with Crippen molar-refractivity contribution in [2.24, 2.45) is 5.92 Å². The highest BCUT2D eigenvalue weighted by atomic mass is 35.5. The summed E-state index contributed by atoms with van der Waals surface area (Å²) in [6.45, 7) is 0. The van der Waals surface area contributed by atoms with E-state index < -0.39 is 0 Å². The normalized spacial score (nSPS) is 18.8. The minimum atomic E-state index is -0.0949. The second kappa shape index (κ2) is 6.50. The molecule has 0 saturated heterocycles. The Bertz CT molecular complexity index is 927. The third-order valence-corrected chi connectivity index (χ3v) is 4.97. The lowest BCUT2D eigenvalue weighted by atomic mass is 10.1. The molecule has 1 aliphatic carbocycles. The standard InChI is InChI=1S/C18H14Cl2N4O/c19-14-5-2-1-4-11(14)12-8-13(12)18(25)23-16-7-3-6-15(20)17(16)24-10-21-9-22-24/h1-7,9-10,12-13H,8H2,(H,23,25). The molecule has 25 heavy (non-hydrogen) atoms. The van der Waals surface area contributed by atoms with E-state index in [1.807, 2.05) is 24.3 Å². The lowest BCUT2D eigenvalue weighted by Gasteiger charge is -2.12. The molecule has 3 aromatic rings. The number of nitrogens with one attached hydrogen (secondary N) is 1. The first-order chi connectivity index (χ1) is 12.1. The molecule has 2 aromatic carbocycles. The van der Waals surface area contributed by atoms with E-state index in [1.165, 1.54) is 11.0 Å². The van der Waals surface area contributed by atoms with E-state index in [4.69, 9.17) is 23.2 Å². The van der Waals surface area contributed by atoms with Crippen LogP contribution >= 0.6 is 23.2 Å². The van der Waals surface area contributed by atoms with Crippen molar-refractivity contribution in [1.29, 1.82) is 0 Å². The van der Waals surface area contributed by atoms with E-state index >= 15 is 0 Å². The Hall–Kier alpha value is -2.37. The van der Waals surface area contributed by atoms with Crippen molar-refractivity contribution >= 4 is 34.8 Å². The Labute approximate surface area is 154 Å². The fraction of sp³-hybridized carbons (Fsp3) is 0.167. The van der Waals surface area contributed by atoms with Gasteiger partial charge in [-0.15, -0.1) is 0 Å². The van der Waals surface area contributed by atoms with Crippen LogP contribution in [-0.4, -0.2) is 20.7 Å². The van der Waals surface area contributed by atoms with Gasteiger partial charge in [0.15, 0.2) is 0 Å². The van der Waals surface area contributed by atoms with Crippen LogP contribution in [0.15, 0.2) is 55.1 Å². The maximum Gasteiger partial charge on any atom is 0.228 e. The highest BCUT2D eigenvalue weighted by molar-refractivity contribution is 6.33. The summed E-state index contributed by atoms with van der Waals surface area (Å²) in [4.78, 5) is 16.6. The predicted molar refractivity (Wildman–Crippen MR) is 97.3 cm³/mol. The molecule has 126 valence electrons. The van der Waals surface area contributed by atoms with Crippen molar-refractivity contribution in [2.75, 3.05) is 5.32 Å². The smallest absolute Gasteiger partial charge is 0.228 e. The molecule has 0 aliphatic heterocycles. The first kappa shape index (κ1) is 16.1. The molecule has 1 amide bonds. The fourth-order valence-corrected chi connectivity index (χ4v) is 3.54. The third-order valence-electron chi connectivity index (χ3n) is 4.32. The van der Waals surface area contributed by atoms with Gasteiger partial charge in [0.2, 0.25) is 5.91 Å². The molecule has 1 saturated carbocycles. The van der Waals surface area contributed by atoms with Crippen LogP contribution in [0.1, 0.15) is 17.9 Å². The molecule has 5 nitrogen and oxygen atoms in total. The molecule has 2 unspecified atom stereocenters. The Morgan fingerprint density at radius 3 is 2.68 bits per heavy atom. The number of hydrogen-bond acceptors (Lipinski definition) is 3. The topological polar surface area (TPSA) is 59.8 Å². The van der Waals surface area contributed by atoms with E-state index in [2.05, 4.69) is 15.4 Å². The molecule has 1 fully saturated rings. The van der Waals surface area contributed by atoms with Crippen LogP contribution in [-0.2, 0) is 4.79 Å². The van der Waals surface area contributed by atoms with Gasteiger partial charge in [-0.3, -0.25) is 4.79 Å². The highest BCUT2D eigenvalue weighted by Gasteiger charge is 2.45. The van der Waals surface area contributed by atoms with Gasteiger partial charge in [-0.25, -0.2) is 9.67 Å². The number of anilines is 1. The van der Waals surface area contributed by atoms with Crippen LogP contribution in [0.25, 0.3) is 5.69 Å². The maximum atomic E-state index is 12.7. The zero-order valence-electron chi connectivity index (χ0n) is 13.1. The van der Waals surface area contributed by atoms with Gasteiger partial charge in [0.05, 0.1) is 10.7 Å². The first-order valence-electron chi connectivity index (χ1n) is 7.84. The summed E-state index contributed by atoms with van der Waals surface area (Å²) in [6, 6.07) is 13.0. The van der Waals surface area contributed by atoms with Crippen molar-refractivity contribution < 1.29 is 4.79 Å². The van der Waals surface area contributed by atoms with Crippen LogP contribution in [0.4, 0.5) is 5.69 Å². The average molecular weight is 373 g/mol. The number of carbonyl (C=O) groups is 1. The Kier molecular flexibility index (Phi) is 4.19. The van der Waals surface area contributed by atoms with E-state index in [-0.39, 0.29) is 17.7 Å². The minimum Gasteiger partial charge on any atom is -0.324 e. The van der Waals surface area contributed by atoms with E-state index in [0.717, 1.165) is 12.0 Å². The van der Waals surface area contributed by atoms with Crippen molar-refractivity contribution in [3.63, 3.8) is 0 Å². The second-order valence-corrected chi connectivity index (χ2v) is 6.75. The lowest BCUT2D eigenvalue weighted by Crippen LogP contribution is -2.16. The minimum absolute atomic E-state index is 0.0476. The monoisotopic (exact) mass is 372 g/mol. The number of carbonyl (C=O) groups excluding carboxylic acids is 1. The van der Waals surface area contributed by atoms with Gasteiger partial charge in [0.1, 0.15) is 18.3 Å². The molecule has 7 heteroatoms. The molecule has 1 heterocycles. The number of aromatic nitrogens is 3. The van der Waals surface area contributed by atoms with Gasteiger partial charge < -0.3 is 5.32 Å². The van der Waals surface area contributed by atoms with Gasteiger partial charge in [-0.1, -0.05) is 47.5 Å². The number of benzene rings is 2. The van der Waals surface area contributed by atoms with Crippen LogP contribution in [0.5, 0.6) is 0 Å². The van der Waals surface area contributed by atoms with Gasteiger partial charge >= 0.3 is 0 Å². The Morgan fingerprint density at radius 2 is 1.92 bits per heavy atom. The van der Waals surface area contributed by atoms with E-state index in [0.29, 0.717) is 21.4 Å². The Morgan fingerprint density at radius 1 is 1.12 bits per heavy atom. The quantitative estimate of drug-likeness (QED) is 0.741. The number of nitrogens with zero attached hydrogens (tertiary/aromatic N) is 3. The number of hydrogen-bond donors (Lipinski definition) is 1. The molecule has 0 radical (unpaired) electrons. The van der Waals surface area contributed by atoms with Crippen LogP contribution in [0.2, 0.25) is 10.0 Å². The summed E-state index contributed by atoms with van der Waals surface area (Å²) >= 11 is 12.5. The second-order valence-electron chi connectivity index (χ2n) is 5.94. The van der Waals surface area contributed by atoms with Crippen molar-refractivity contribution in [3.8, 4) is 5.69 Å².